The molecule has 1 aliphatic heterocycles. The number of carbonyl (C=O) groups excluding carboxylic acids is 1. The van der Waals surface area contributed by atoms with Gasteiger partial charge in [-0.2, -0.15) is 0 Å². The first-order chi connectivity index (χ1) is 16.6. The van der Waals surface area contributed by atoms with E-state index in [-0.39, 0.29) is 29.1 Å². The van der Waals surface area contributed by atoms with Crippen LogP contribution < -0.4 is 15.2 Å². The van der Waals surface area contributed by atoms with Crippen LogP contribution in [0.25, 0.3) is 0 Å². The number of rotatable bonds is 8. The van der Waals surface area contributed by atoms with Crippen molar-refractivity contribution in [3.8, 4) is 0 Å². The summed E-state index contributed by atoms with van der Waals surface area (Å²) in [5.74, 6) is -0.714. The number of hydrazine groups is 1. The number of sulfonamides is 1. The maximum atomic E-state index is 13.1. The Hall–Kier alpha value is -2.07. The minimum Gasteiger partial charge on any atom is -0.466 e. The van der Waals surface area contributed by atoms with E-state index in [1.165, 1.54) is 20.1 Å². The van der Waals surface area contributed by atoms with Crippen molar-refractivity contribution in [3.63, 3.8) is 0 Å². The van der Waals surface area contributed by atoms with Crippen molar-refractivity contribution in [1.29, 1.82) is 0 Å². The molecule has 0 saturated carbocycles. The zero-order valence-corrected chi connectivity index (χ0v) is 22.5. The van der Waals surface area contributed by atoms with Crippen molar-refractivity contribution in [2.75, 3.05) is 18.7 Å². The Bertz CT molecular complexity index is 1250. The quantitative estimate of drug-likeness (QED) is 0.256. The van der Waals surface area contributed by atoms with E-state index in [1.807, 2.05) is 17.1 Å². The predicted molar refractivity (Wildman–Crippen MR) is 141 cm³/mol. The van der Waals surface area contributed by atoms with Gasteiger partial charge in [-0.05, 0) is 62.2 Å². The molecule has 2 aromatic carbocycles. The number of methoxy groups -OCH3 is 1. The Morgan fingerprint density at radius 2 is 1.83 bits per heavy atom. The molecule has 1 heterocycles. The summed E-state index contributed by atoms with van der Waals surface area (Å²) >= 11 is 18.6. The maximum Gasteiger partial charge on any atom is 0.334 e. The molecular weight excluding hydrogens is 533 g/mol. The largest absolute Gasteiger partial charge is 0.466 e. The molecule has 1 aliphatic rings. The van der Waals surface area contributed by atoms with Gasteiger partial charge in [0.25, 0.3) is 0 Å². The number of halogens is 3. The van der Waals surface area contributed by atoms with Crippen molar-refractivity contribution >= 4 is 56.5 Å². The zero-order chi connectivity index (χ0) is 25.8. The van der Waals surface area contributed by atoms with Gasteiger partial charge in [-0.3, -0.25) is 5.01 Å². The molecule has 1 fully saturated rings. The number of hydrogen-bond donors (Lipinski definition) is 2. The first-order valence-corrected chi connectivity index (χ1v) is 13.4. The molecule has 35 heavy (non-hydrogen) atoms. The smallest absolute Gasteiger partial charge is 0.334 e. The molecule has 188 valence electrons. The molecule has 7 nitrogen and oxygen atoms in total. The normalized spacial score (nSPS) is 19.2. The highest BCUT2D eigenvalue weighted by Crippen LogP contribution is 2.39. The first-order valence-electron chi connectivity index (χ1n) is 10.7. The second-order valence-electron chi connectivity index (χ2n) is 7.93. The van der Waals surface area contributed by atoms with Crippen molar-refractivity contribution in [2.45, 2.75) is 32.4 Å². The lowest BCUT2D eigenvalue weighted by Gasteiger charge is -2.28. The molecule has 0 radical (unpaired) electrons. The van der Waals surface area contributed by atoms with Crippen LogP contribution in [0.1, 0.15) is 31.9 Å². The third kappa shape index (κ3) is 6.58. The highest BCUT2D eigenvalue weighted by molar-refractivity contribution is 7.93. The molecule has 2 atom stereocenters. The summed E-state index contributed by atoms with van der Waals surface area (Å²) < 4.78 is 33.4. The Balaban J connectivity index is 1.88. The topological polar surface area (TPSA) is 87.7 Å². The highest BCUT2D eigenvalue weighted by Gasteiger charge is 2.35. The lowest BCUT2D eigenvalue weighted by atomic mass is 10.0. The minimum absolute atomic E-state index is 0.00825. The molecule has 2 unspecified atom stereocenters. The van der Waals surface area contributed by atoms with E-state index in [4.69, 9.17) is 39.5 Å². The fourth-order valence-electron chi connectivity index (χ4n) is 3.84. The number of allylic oxidation sites excluding steroid dienone is 2. The van der Waals surface area contributed by atoms with Crippen LogP contribution in [0.5, 0.6) is 0 Å². The Labute approximate surface area is 220 Å². The van der Waals surface area contributed by atoms with E-state index >= 15 is 0 Å². The third-order valence-corrected chi connectivity index (χ3v) is 7.91. The lowest BCUT2D eigenvalue weighted by Crippen LogP contribution is -2.43. The SMILES string of the molecule is C/C=C\C(=C(/C)C(=O)OC)S(=O)(=O)NCC1CC(c2ccc(Cl)cc2)N(c2ccc(Cl)cc2Cl)N1. The number of carbonyl (C=O) groups is 1. The van der Waals surface area contributed by atoms with Gasteiger partial charge in [0, 0.05) is 22.6 Å². The second kappa shape index (κ2) is 11.8. The molecule has 2 aromatic rings. The Kier molecular flexibility index (Phi) is 9.26. The first kappa shape index (κ1) is 27.5. The van der Waals surface area contributed by atoms with Gasteiger partial charge in [0.2, 0.25) is 10.0 Å². The molecule has 1 saturated heterocycles. The van der Waals surface area contributed by atoms with Gasteiger partial charge < -0.3 is 4.74 Å². The predicted octanol–water partition coefficient (Wildman–Crippen LogP) is 5.41. The van der Waals surface area contributed by atoms with E-state index in [1.54, 1.807) is 43.3 Å². The highest BCUT2D eigenvalue weighted by atomic mass is 35.5. The summed E-state index contributed by atoms with van der Waals surface area (Å²) in [5.41, 5.74) is 5.04. The van der Waals surface area contributed by atoms with E-state index in [9.17, 15) is 13.2 Å². The van der Waals surface area contributed by atoms with Crippen molar-refractivity contribution in [2.24, 2.45) is 0 Å². The summed E-state index contributed by atoms with van der Waals surface area (Å²) in [6.45, 7) is 3.15. The Morgan fingerprint density at radius 1 is 1.17 bits per heavy atom. The Morgan fingerprint density at radius 3 is 2.43 bits per heavy atom. The fourth-order valence-corrected chi connectivity index (χ4v) is 5.84. The van der Waals surface area contributed by atoms with Crippen LogP contribution in [0.2, 0.25) is 15.1 Å². The van der Waals surface area contributed by atoms with Gasteiger partial charge in [-0.15, -0.1) is 0 Å². The number of anilines is 1. The number of esters is 1. The van der Waals surface area contributed by atoms with E-state index < -0.39 is 16.0 Å². The molecular formula is C24H26Cl3N3O4S. The molecule has 3 rings (SSSR count). The van der Waals surface area contributed by atoms with Gasteiger partial charge >= 0.3 is 5.97 Å². The molecule has 0 spiro atoms. The molecule has 11 heteroatoms. The van der Waals surface area contributed by atoms with Crippen molar-refractivity contribution in [1.82, 2.24) is 10.1 Å². The molecule has 0 aromatic heterocycles. The maximum absolute atomic E-state index is 13.1. The summed E-state index contributed by atoms with van der Waals surface area (Å²) in [5, 5.41) is 3.49. The number of ether oxygens (including phenoxy) is 1. The van der Waals surface area contributed by atoms with Crippen molar-refractivity contribution in [3.05, 3.63) is 85.7 Å². The monoisotopic (exact) mass is 557 g/mol. The minimum atomic E-state index is -3.99. The van der Waals surface area contributed by atoms with Gasteiger partial charge in [-0.1, -0.05) is 53.0 Å². The van der Waals surface area contributed by atoms with E-state index in [0.29, 0.717) is 27.2 Å². The lowest BCUT2D eigenvalue weighted by molar-refractivity contribution is -0.136. The van der Waals surface area contributed by atoms with Crippen LogP contribution in [0.3, 0.4) is 0 Å². The average Bonchev–Trinajstić information content (AvgIpc) is 3.24. The molecule has 0 aliphatic carbocycles. The molecule has 0 amide bonds. The van der Waals surface area contributed by atoms with Crippen LogP contribution >= 0.6 is 34.8 Å². The number of hydrogen-bond acceptors (Lipinski definition) is 6. The van der Waals surface area contributed by atoms with Crippen LogP contribution in [0.15, 0.2) is 65.1 Å². The zero-order valence-electron chi connectivity index (χ0n) is 19.4. The summed E-state index contributed by atoms with van der Waals surface area (Å²) in [6, 6.07) is 12.2. The summed E-state index contributed by atoms with van der Waals surface area (Å²) in [4.78, 5) is 11.8. The van der Waals surface area contributed by atoms with Crippen molar-refractivity contribution < 1.29 is 17.9 Å². The van der Waals surface area contributed by atoms with Crippen LogP contribution in [-0.4, -0.2) is 34.1 Å². The second-order valence-corrected chi connectivity index (χ2v) is 10.9. The number of benzene rings is 2. The summed E-state index contributed by atoms with van der Waals surface area (Å²) in [7, 11) is -2.78. The molecule has 0 bridgehead atoms. The van der Waals surface area contributed by atoms with Crippen LogP contribution in [0.4, 0.5) is 5.69 Å². The van der Waals surface area contributed by atoms with Gasteiger partial charge in [0.05, 0.1) is 34.3 Å². The summed E-state index contributed by atoms with van der Waals surface area (Å²) in [6.07, 6.45) is 3.49. The third-order valence-electron chi connectivity index (χ3n) is 5.55. The van der Waals surface area contributed by atoms with Gasteiger partial charge in [0.15, 0.2) is 0 Å². The average molecular weight is 559 g/mol. The number of nitrogens with zero attached hydrogens (tertiary/aromatic N) is 1. The fraction of sp³-hybridized carbons (Fsp3) is 0.292. The van der Waals surface area contributed by atoms with Gasteiger partial charge in [0.1, 0.15) is 0 Å². The van der Waals surface area contributed by atoms with E-state index in [2.05, 4.69) is 10.1 Å². The molecule has 2 N–H and O–H groups in total. The number of nitrogens with one attached hydrogen (secondary N) is 2. The van der Waals surface area contributed by atoms with Gasteiger partial charge in [-0.25, -0.2) is 23.4 Å². The standard InChI is InChI=1S/C24H26Cl3N3O4S/c1-4-5-23(15(2)24(31)34-3)35(32,33)28-14-19-13-22(16-6-8-17(25)9-7-16)30(29-19)21-11-10-18(26)12-20(21)27/h4-12,19,22,28-29H,13-14H2,1-3H3/b5-4-,23-15-. The van der Waals surface area contributed by atoms with Crippen LogP contribution in [0, 0.1) is 0 Å². The van der Waals surface area contributed by atoms with E-state index in [0.717, 1.165) is 5.56 Å². The van der Waals surface area contributed by atoms with Crippen LogP contribution in [-0.2, 0) is 19.6 Å².